The summed E-state index contributed by atoms with van der Waals surface area (Å²) in [6.45, 7) is 5.51. The summed E-state index contributed by atoms with van der Waals surface area (Å²) in [5.74, 6) is -0.454. The van der Waals surface area contributed by atoms with Crippen molar-refractivity contribution in [1.29, 1.82) is 0 Å². The molecule has 1 aromatic carbocycles. The van der Waals surface area contributed by atoms with E-state index in [1.165, 1.54) is 11.3 Å². The van der Waals surface area contributed by atoms with Crippen molar-refractivity contribution in [3.05, 3.63) is 29.3 Å². The van der Waals surface area contributed by atoms with E-state index in [9.17, 15) is 9.59 Å². The third kappa shape index (κ3) is 2.08. The van der Waals surface area contributed by atoms with Crippen LogP contribution < -0.4 is 10.6 Å². The summed E-state index contributed by atoms with van der Waals surface area (Å²) >= 11 is 0. The Morgan fingerprint density at radius 2 is 2.10 bits per heavy atom. The molecule has 2 aliphatic heterocycles. The van der Waals surface area contributed by atoms with Gasteiger partial charge in [-0.25, -0.2) is 0 Å². The topological polar surface area (TPSA) is 61.4 Å². The SMILES string of the molecule is CC1(C)C(=O)NC(=O)CN1Cc1cccc2c1NCC2. The van der Waals surface area contributed by atoms with Crippen LogP contribution in [0.5, 0.6) is 0 Å². The highest BCUT2D eigenvalue weighted by molar-refractivity contribution is 6.02. The van der Waals surface area contributed by atoms with E-state index in [1.54, 1.807) is 0 Å². The van der Waals surface area contributed by atoms with Crippen LogP contribution in [-0.2, 0) is 22.6 Å². The molecule has 0 spiro atoms. The largest absolute Gasteiger partial charge is 0.384 e. The maximum absolute atomic E-state index is 12.0. The van der Waals surface area contributed by atoms with Gasteiger partial charge >= 0.3 is 0 Å². The summed E-state index contributed by atoms with van der Waals surface area (Å²) in [5.41, 5.74) is 2.96. The predicted octanol–water partition coefficient (Wildman–Crippen LogP) is 0.892. The van der Waals surface area contributed by atoms with Crippen LogP contribution in [0.1, 0.15) is 25.0 Å². The van der Waals surface area contributed by atoms with Gasteiger partial charge in [0.25, 0.3) is 0 Å². The molecule has 5 heteroatoms. The fourth-order valence-electron chi connectivity index (χ4n) is 2.84. The molecule has 5 nitrogen and oxygen atoms in total. The minimum absolute atomic E-state index is 0.227. The van der Waals surface area contributed by atoms with E-state index in [1.807, 2.05) is 24.8 Å². The van der Waals surface area contributed by atoms with Crippen molar-refractivity contribution in [3.63, 3.8) is 0 Å². The Labute approximate surface area is 118 Å². The third-order valence-electron chi connectivity index (χ3n) is 4.23. The van der Waals surface area contributed by atoms with Crippen molar-refractivity contribution in [2.45, 2.75) is 32.4 Å². The number of nitrogens with zero attached hydrogens (tertiary/aromatic N) is 1. The van der Waals surface area contributed by atoms with Gasteiger partial charge < -0.3 is 5.32 Å². The van der Waals surface area contributed by atoms with Gasteiger partial charge in [0.15, 0.2) is 0 Å². The zero-order valence-corrected chi connectivity index (χ0v) is 11.8. The molecule has 3 rings (SSSR count). The van der Waals surface area contributed by atoms with Crippen LogP contribution >= 0.6 is 0 Å². The van der Waals surface area contributed by atoms with Gasteiger partial charge in [-0.2, -0.15) is 0 Å². The number of imide groups is 1. The number of nitrogens with one attached hydrogen (secondary N) is 2. The quantitative estimate of drug-likeness (QED) is 0.786. The second-order valence-corrected chi connectivity index (χ2v) is 5.92. The molecule has 2 N–H and O–H groups in total. The second-order valence-electron chi connectivity index (χ2n) is 5.92. The normalized spacial score (nSPS) is 21.3. The van der Waals surface area contributed by atoms with Crippen molar-refractivity contribution < 1.29 is 9.59 Å². The third-order valence-corrected chi connectivity index (χ3v) is 4.23. The van der Waals surface area contributed by atoms with E-state index >= 15 is 0 Å². The van der Waals surface area contributed by atoms with Crippen molar-refractivity contribution in [3.8, 4) is 0 Å². The molecule has 1 aromatic rings. The molecular formula is C15H19N3O2. The number of anilines is 1. The zero-order chi connectivity index (χ0) is 14.3. The number of piperazine rings is 1. The number of benzene rings is 1. The summed E-state index contributed by atoms with van der Waals surface area (Å²) in [7, 11) is 0. The first kappa shape index (κ1) is 13.1. The molecule has 0 aromatic heterocycles. The molecule has 1 fully saturated rings. The van der Waals surface area contributed by atoms with Gasteiger partial charge in [-0.05, 0) is 31.4 Å². The van der Waals surface area contributed by atoms with E-state index in [4.69, 9.17) is 0 Å². The van der Waals surface area contributed by atoms with Crippen molar-refractivity contribution >= 4 is 17.5 Å². The molecule has 2 aliphatic rings. The number of hydrogen-bond donors (Lipinski definition) is 2. The van der Waals surface area contributed by atoms with Gasteiger partial charge in [0, 0.05) is 18.8 Å². The first-order chi connectivity index (χ1) is 9.48. The highest BCUT2D eigenvalue weighted by Gasteiger charge is 2.41. The number of para-hydroxylation sites is 1. The predicted molar refractivity (Wildman–Crippen MR) is 76.3 cm³/mol. The van der Waals surface area contributed by atoms with Crippen molar-refractivity contribution in [2.75, 3.05) is 18.4 Å². The van der Waals surface area contributed by atoms with Gasteiger partial charge in [0.1, 0.15) is 0 Å². The molecule has 0 saturated carbocycles. The number of fused-ring (bicyclic) bond motifs is 1. The lowest BCUT2D eigenvalue weighted by Crippen LogP contribution is -2.63. The Hall–Kier alpha value is -1.88. The number of carbonyl (C=O) groups excluding carboxylic acids is 2. The lowest BCUT2D eigenvalue weighted by molar-refractivity contribution is -0.145. The Balaban J connectivity index is 1.89. The number of rotatable bonds is 2. The Morgan fingerprint density at radius 3 is 2.90 bits per heavy atom. The monoisotopic (exact) mass is 273 g/mol. The van der Waals surface area contributed by atoms with E-state index in [2.05, 4.69) is 22.8 Å². The lowest BCUT2D eigenvalue weighted by Gasteiger charge is -2.40. The Kier molecular flexibility index (Phi) is 3.01. The molecule has 0 unspecified atom stereocenters. The molecule has 2 amide bonds. The molecule has 0 bridgehead atoms. The van der Waals surface area contributed by atoms with Gasteiger partial charge in [-0.3, -0.25) is 19.8 Å². The molecule has 2 heterocycles. The second kappa shape index (κ2) is 4.59. The summed E-state index contributed by atoms with van der Waals surface area (Å²) < 4.78 is 0. The smallest absolute Gasteiger partial charge is 0.246 e. The summed E-state index contributed by atoms with van der Waals surface area (Å²) in [4.78, 5) is 25.5. The molecule has 0 aliphatic carbocycles. The fraction of sp³-hybridized carbons (Fsp3) is 0.467. The molecule has 0 radical (unpaired) electrons. The maximum atomic E-state index is 12.0. The van der Waals surface area contributed by atoms with Gasteiger partial charge in [-0.15, -0.1) is 0 Å². The first-order valence-electron chi connectivity index (χ1n) is 6.92. The Bertz CT molecular complexity index is 580. The van der Waals surface area contributed by atoms with Crippen LogP contribution in [0.2, 0.25) is 0 Å². The highest BCUT2D eigenvalue weighted by Crippen LogP contribution is 2.29. The van der Waals surface area contributed by atoms with Crippen LogP contribution in [0.4, 0.5) is 5.69 Å². The summed E-state index contributed by atoms with van der Waals surface area (Å²) in [5, 5.41) is 5.80. The van der Waals surface area contributed by atoms with Crippen LogP contribution in [-0.4, -0.2) is 35.3 Å². The minimum atomic E-state index is -0.671. The first-order valence-corrected chi connectivity index (χ1v) is 6.92. The molecule has 20 heavy (non-hydrogen) atoms. The standard InChI is InChI=1S/C15H19N3O2/c1-15(2)14(20)17-12(19)9-18(15)8-11-5-3-4-10-6-7-16-13(10)11/h3-5,16H,6-9H2,1-2H3,(H,17,19,20). The molecule has 0 atom stereocenters. The molecular weight excluding hydrogens is 254 g/mol. The van der Waals surface area contributed by atoms with Crippen LogP contribution in [0.3, 0.4) is 0 Å². The zero-order valence-electron chi connectivity index (χ0n) is 11.8. The van der Waals surface area contributed by atoms with Gasteiger partial charge in [-0.1, -0.05) is 18.2 Å². The molecule has 1 saturated heterocycles. The van der Waals surface area contributed by atoms with E-state index in [0.29, 0.717) is 6.54 Å². The number of hydrogen-bond acceptors (Lipinski definition) is 4. The fourth-order valence-corrected chi connectivity index (χ4v) is 2.84. The van der Waals surface area contributed by atoms with E-state index in [-0.39, 0.29) is 18.4 Å². The lowest BCUT2D eigenvalue weighted by atomic mass is 9.97. The highest BCUT2D eigenvalue weighted by atomic mass is 16.2. The van der Waals surface area contributed by atoms with Crippen LogP contribution in [0.25, 0.3) is 0 Å². The Morgan fingerprint density at radius 1 is 1.30 bits per heavy atom. The van der Waals surface area contributed by atoms with Crippen molar-refractivity contribution in [2.24, 2.45) is 0 Å². The van der Waals surface area contributed by atoms with Gasteiger partial charge in [0.05, 0.1) is 12.1 Å². The van der Waals surface area contributed by atoms with Crippen LogP contribution in [0.15, 0.2) is 18.2 Å². The summed E-state index contributed by atoms with van der Waals surface area (Å²) in [6, 6.07) is 6.22. The average molecular weight is 273 g/mol. The van der Waals surface area contributed by atoms with Gasteiger partial charge in [0.2, 0.25) is 11.8 Å². The summed E-state index contributed by atoms with van der Waals surface area (Å²) in [6.07, 6.45) is 1.03. The minimum Gasteiger partial charge on any atom is -0.384 e. The van der Waals surface area contributed by atoms with Crippen molar-refractivity contribution in [1.82, 2.24) is 10.2 Å². The number of amides is 2. The maximum Gasteiger partial charge on any atom is 0.246 e. The van der Waals surface area contributed by atoms with E-state index < -0.39 is 5.54 Å². The number of carbonyl (C=O) groups is 2. The molecule has 106 valence electrons. The van der Waals surface area contributed by atoms with Crippen LogP contribution in [0, 0.1) is 0 Å². The van der Waals surface area contributed by atoms with E-state index in [0.717, 1.165) is 18.5 Å². The average Bonchev–Trinajstić information content (AvgIpc) is 2.85.